The first-order chi connectivity index (χ1) is 5.24. The SMILES string of the molecule is C=CCN(N)c1nc(=O)[nH][nH]1. The molecular weight excluding hydrogens is 146 g/mol. The van der Waals surface area contributed by atoms with Crippen LogP contribution < -0.4 is 16.5 Å². The smallest absolute Gasteiger partial charge is 0.275 e. The van der Waals surface area contributed by atoms with Crippen molar-refractivity contribution in [1.29, 1.82) is 0 Å². The normalized spacial score (nSPS) is 9.55. The van der Waals surface area contributed by atoms with Crippen LogP contribution in [-0.2, 0) is 0 Å². The lowest BCUT2D eigenvalue weighted by atomic mass is 10.6. The van der Waals surface area contributed by atoms with Crippen molar-refractivity contribution >= 4 is 5.95 Å². The van der Waals surface area contributed by atoms with Crippen LogP contribution in [0.3, 0.4) is 0 Å². The van der Waals surface area contributed by atoms with E-state index in [9.17, 15) is 4.79 Å². The van der Waals surface area contributed by atoms with Crippen molar-refractivity contribution in [3.63, 3.8) is 0 Å². The molecule has 1 rings (SSSR count). The number of hydrazine groups is 1. The maximum absolute atomic E-state index is 10.5. The summed E-state index contributed by atoms with van der Waals surface area (Å²) in [6.07, 6.45) is 1.60. The standard InChI is InChI=1S/C5H9N5O/c1-2-3-10(6)4-7-5(11)9-8-4/h2H,1,3,6H2,(H2,7,8,9,11). The molecule has 60 valence electrons. The molecule has 0 radical (unpaired) electrons. The van der Waals surface area contributed by atoms with Gasteiger partial charge in [0.25, 0.3) is 0 Å². The van der Waals surface area contributed by atoms with E-state index in [1.165, 1.54) is 5.01 Å². The Bertz CT molecular complexity index is 287. The first kappa shape index (κ1) is 7.55. The van der Waals surface area contributed by atoms with Gasteiger partial charge < -0.3 is 0 Å². The summed E-state index contributed by atoms with van der Waals surface area (Å²) in [4.78, 5) is 14.0. The van der Waals surface area contributed by atoms with Crippen molar-refractivity contribution < 1.29 is 0 Å². The minimum absolute atomic E-state index is 0.301. The van der Waals surface area contributed by atoms with Gasteiger partial charge in [0.15, 0.2) is 0 Å². The van der Waals surface area contributed by atoms with Crippen molar-refractivity contribution in [2.45, 2.75) is 0 Å². The third-order valence-corrected chi connectivity index (χ3v) is 1.09. The van der Waals surface area contributed by atoms with E-state index in [1.54, 1.807) is 6.08 Å². The second kappa shape index (κ2) is 3.02. The fourth-order valence-corrected chi connectivity index (χ4v) is 0.623. The third-order valence-electron chi connectivity index (χ3n) is 1.09. The van der Waals surface area contributed by atoms with E-state index < -0.39 is 5.69 Å². The molecule has 0 aromatic carbocycles. The fourth-order valence-electron chi connectivity index (χ4n) is 0.623. The Morgan fingerprint density at radius 1 is 1.73 bits per heavy atom. The molecule has 0 aliphatic heterocycles. The molecule has 0 fully saturated rings. The highest BCUT2D eigenvalue weighted by Gasteiger charge is 2.01. The predicted molar refractivity (Wildman–Crippen MR) is 40.9 cm³/mol. The molecule has 1 aromatic heterocycles. The largest absolute Gasteiger partial charge is 0.362 e. The molecule has 0 aliphatic carbocycles. The molecule has 4 N–H and O–H groups in total. The second-order valence-electron chi connectivity index (χ2n) is 1.93. The van der Waals surface area contributed by atoms with Gasteiger partial charge >= 0.3 is 5.69 Å². The maximum Gasteiger partial charge on any atom is 0.362 e. The van der Waals surface area contributed by atoms with Crippen LogP contribution in [-0.4, -0.2) is 21.7 Å². The first-order valence-electron chi connectivity index (χ1n) is 3.02. The van der Waals surface area contributed by atoms with Gasteiger partial charge in [-0.25, -0.2) is 15.7 Å². The average Bonchev–Trinajstić information content (AvgIpc) is 2.36. The fraction of sp³-hybridized carbons (Fsp3) is 0.200. The van der Waals surface area contributed by atoms with Crippen LogP contribution in [0.1, 0.15) is 0 Å². The Hall–Kier alpha value is -1.56. The van der Waals surface area contributed by atoms with Gasteiger partial charge in [-0.3, -0.25) is 10.1 Å². The number of nitrogens with one attached hydrogen (secondary N) is 2. The summed E-state index contributed by atoms with van der Waals surface area (Å²) in [5, 5.41) is 6.02. The molecule has 11 heavy (non-hydrogen) atoms. The van der Waals surface area contributed by atoms with Crippen LogP contribution in [0.5, 0.6) is 0 Å². The number of aromatic amines is 2. The van der Waals surface area contributed by atoms with Crippen molar-refractivity contribution in [3.05, 3.63) is 23.1 Å². The first-order valence-corrected chi connectivity index (χ1v) is 3.02. The van der Waals surface area contributed by atoms with Crippen LogP contribution in [0.15, 0.2) is 17.4 Å². The zero-order valence-corrected chi connectivity index (χ0v) is 5.87. The molecule has 0 saturated heterocycles. The highest BCUT2D eigenvalue weighted by Crippen LogP contribution is 1.94. The zero-order chi connectivity index (χ0) is 8.27. The summed E-state index contributed by atoms with van der Waals surface area (Å²) >= 11 is 0. The highest BCUT2D eigenvalue weighted by atomic mass is 16.1. The van der Waals surface area contributed by atoms with Crippen LogP contribution in [0.4, 0.5) is 5.95 Å². The van der Waals surface area contributed by atoms with Crippen molar-refractivity contribution in [3.8, 4) is 0 Å². The number of rotatable bonds is 3. The van der Waals surface area contributed by atoms with E-state index in [1.807, 2.05) is 0 Å². The number of H-pyrrole nitrogens is 2. The van der Waals surface area contributed by atoms with Gasteiger partial charge in [-0.1, -0.05) is 6.08 Å². The van der Waals surface area contributed by atoms with E-state index in [4.69, 9.17) is 5.84 Å². The number of nitrogens with zero attached hydrogens (tertiary/aromatic N) is 2. The molecule has 0 spiro atoms. The van der Waals surface area contributed by atoms with Crippen LogP contribution in [0, 0.1) is 0 Å². The number of anilines is 1. The van der Waals surface area contributed by atoms with Crippen molar-refractivity contribution in [2.75, 3.05) is 11.6 Å². The Labute approximate surface area is 62.7 Å². The van der Waals surface area contributed by atoms with E-state index in [-0.39, 0.29) is 0 Å². The second-order valence-corrected chi connectivity index (χ2v) is 1.93. The van der Waals surface area contributed by atoms with E-state index in [2.05, 4.69) is 21.8 Å². The van der Waals surface area contributed by atoms with Crippen LogP contribution >= 0.6 is 0 Å². The van der Waals surface area contributed by atoms with Gasteiger partial charge in [-0.05, 0) is 0 Å². The molecule has 0 aliphatic rings. The zero-order valence-electron chi connectivity index (χ0n) is 5.87. The van der Waals surface area contributed by atoms with Gasteiger partial charge in [-0.2, -0.15) is 4.98 Å². The monoisotopic (exact) mass is 155 g/mol. The minimum Gasteiger partial charge on any atom is -0.275 e. The Morgan fingerprint density at radius 2 is 2.45 bits per heavy atom. The molecule has 6 nitrogen and oxygen atoms in total. The van der Waals surface area contributed by atoms with Crippen molar-refractivity contribution in [1.82, 2.24) is 15.2 Å². The van der Waals surface area contributed by atoms with Gasteiger partial charge in [0.05, 0.1) is 6.54 Å². The van der Waals surface area contributed by atoms with E-state index >= 15 is 0 Å². The Kier molecular flexibility index (Phi) is 2.07. The molecule has 0 atom stereocenters. The summed E-state index contributed by atoms with van der Waals surface area (Å²) in [5.74, 6) is 5.73. The molecule has 1 aromatic rings. The summed E-state index contributed by atoms with van der Waals surface area (Å²) < 4.78 is 0. The summed E-state index contributed by atoms with van der Waals surface area (Å²) in [7, 11) is 0. The van der Waals surface area contributed by atoms with Crippen molar-refractivity contribution in [2.24, 2.45) is 5.84 Å². The molecule has 6 heteroatoms. The lowest BCUT2D eigenvalue weighted by Gasteiger charge is -2.10. The molecule has 0 unspecified atom stereocenters. The van der Waals surface area contributed by atoms with Gasteiger partial charge in [0.2, 0.25) is 5.95 Å². The minimum atomic E-state index is -0.445. The number of nitrogens with two attached hydrogens (primary N) is 1. The predicted octanol–water partition coefficient (Wildman–Crippen LogP) is -1.04. The Morgan fingerprint density at radius 3 is 2.91 bits per heavy atom. The topological polar surface area (TPSA) is 90.8 Å². The lowest BCUT2D eigenvalue weighted by Crippen LogP contribution is -2.32. The van der Waals surface area contributed by atoms with Gasteiger partial charge in [-0.15, -0.1) is 6.58 Å². The number of aromatic nitrogens is 3. The molecule has 0 bridgehead atoms. The summed E-state index contributed by atoms with van der Waals surface area (Å²) in [6.45, 7) is 3.91. The summed E-state index contributed by atoms with van der Waals surface area (Å²) in [5.41, 5.74) is -0.445. The number of hydrogen-bond donors (Lipinski definition) is 3. The molecular formula is C5H9N5O. The highest BCUT2D eigenvalue weighted by molar-refractivity contribution is 5.24. The average molecular weight is 155 g/mol. The van der Waals surface area contributed by atoms with E-state index in [0.717, 1.165) is 0 Å². The van der Waals surface area contributed by atoms with Crippen LogP contribution in [0.25, 0.3) is 0 Å². The van der Waals surface area contributed by atoms with Gasteiger partial charge in [0.1, 0.15) is 0 Å². The Balaban J connectivity index is 2.75. The molecule has 0 amide bonds. The van der Waals surface area contributed by atoms with Gasteiger partial charge in [0, 0.05) is 0 Å². The molecule has 0 saturated carbocycles. The number of hydrogen-bond acceptors (Lipinski definition) is 4. The molecule has 1 heterocycles. The van der Waals surface area contributed by atoms with Crippen LogP contribution in [0.2, 0.25) is 0 Å². The quantitative estimate of drug-likeness (QED) is 0.295. The van der Waals surface area contributed by atoms with E-state index in [0.29, 0.717) is 12.5 Å². The summed E-state index contributed by atoms with van der Waals surface area (Å²) in [6, 6.07) is 0. The maximum atomic E-state index is 10.5. The third kappa shape index (κ3) is 1.68. The lowest BCUT2D eigenvalue weighted by molar-refractivity contribution is 0.880.